The van der Waals surface area contributed by atoms with Crippen molar-refractivity contribution >= 4 is 91.3 Å². The zero-order chi connectivity index (χ0) is 30.4. The van der Waals surface area contributed by atoms with Crippen molar-refractivity contribution in [2.75, 3.05) is 23.9 Å². The second-order valence-corrected chi connectivity index (χ2v) is 13.5. The molecule has 1 saturated heterocycles. The van der Waals surface area contributed by atoms with Gasteiger partial charge in [0.2, 0.25) is 11.8 Å². The lowest BCUT2D eigenvalue weighted by Crippen LogP contribution is -2.32. The van der Waals surface area contributed by atoms with E-state index in [4.69, 9.17) is 32.7 Å². The maximum Gasteiger partial charge on any atom is 0.305 e. The standard InChI is InChI=1S/C29H20BrCl2N3O6S2/c1-40-16-6-4-15(5-7-16)35-27(37)23-22(24-26(34-29(39)43-24)42-25(23)28(35)38)17-10-13(30)2-9-20(17)41-12-21(36)33-14-3-8-18(31)19(32)11-14/h2-11,22-23,25H,12H2,1H3,(H,33,36)(H,34,39)/t22-,23-,25+/m0/s1. The highest BCUT2D eigenvalue weighted by molar-refractivity contribution is 9.10. The topological polar surface area (TPSA) is 118 Å². The maximum absolute atomic E-state index is 14.1. The van der Waals surface area contributed by atoms with E-state index in [1.807, 2.05) is 0 Å². The molecule has 0 radical (unpaired) electrons. The number of hydrogen-bond donors (Lipinski definition) is 2. The highest BCUT2D eigenvalue weighted by Gasteiger charge is 2.56. The third-order valence-electron chi connectivity index (χ3n) is 7.02. The van der Waals surface area contributed by atoms with Crippen molar-refractivity contribution in [1.82, 2.24) is 4.98 Å². The Kier molecular flexibility index (Phi) is 8.31. The monoisotopic (exact) mass is 719 g/mol. The lowest BCUT2D eigenvalue weighted by molar-refractivity contribution is -0.122. The Bertz CT molecular complexity index is 1830. The van der Waals surface area contributed by atoms with Gasteiger partial charge in [0.1, 0.15) is 16.7 Å². The minimum Gasteiger partial charge on any atom is -0.497 e. The molecule has 9 nitrogen and oxygen atoms in total. The van der Waals surface area contributed by atoms with Gasteiger partial charge in [-0.15, -0.1) is 0 Å². The zero-order valence-electron chi connectivity index (χ0n) is 22.1. The molecule has 3 amide bonds. The quantitative estimate of drug-likeness (QED) is 0.215. The van der Waals surface area contributed by atoms with Crippen LogP contribution in [0, 0.1) is 5.92 Å². The molecule has 4 aromatic rings. The number of nitrogens with one attached hydrogen (secondary N) is 2. The first-order chi connectivity index (χ1) is 20.6. The van der Waals surface area contributed by atoms with E-state index >= 15 is 0 Å². The number of fused-ring (bicyclic) bond motifs is 2. The van der Waals surface area contributed by atoms with Crippen LogP contribution < -0.4 is 24.6 Å². The van der Waals surface area contributed by atoms with E-state index in [2.05, 4.69) is 26.2 Å². The highest BCUT2D eigenvalue weighted by atomic mass is 79.9. The van der Waals surface area contributed by atoms with Crippen LogP contribution in [0.2, 0.25) is 10.0 Å². The van der Waals surface area contributed by atoms with E-state index in [1.54, 1.807) is 54.6 Å². The summed E-state index contributed by atoms with van der Waals surface area (Å²) in [5, 5.41) is 3.10. The lowest BCUT2D eigenvalue weighted by Gasteiger charge is -2.31. The number of hydrogen-bond acceptors (Lipinski definition) is 8. The predicted octanol–water partition coefficient (Wildman–Crippen LogP) is 6.33. The minimum atomic E-state index is -0.833. The van der Waals surface area contributed by atoms with Crippen LogP contribution in [0.5, 0.6) is 11.5 Å². The number of thiazole rings is 1. The number of carbonyl (C=O) groups excluding carboxylic acids is 3. The second kappa shape index (κ2) is 12.0. The van der Waals surface area contributed by atoms with E-state index in [-0.39, 0.29) is 17.4 Å². The van der Waals surface area contributed by atoms with Gasteiger partial charge in [-0.1, -0.05) is 62.2 Å². The van der Waals surface area contributed by atoms with Crippen LogP contribution >= 0.6 is 62.2 Å². The molecule has 3 atom stereocenters. The Morgan fingerprint density at radius 2 is 1.79 bits per heavy atom. The van der Waals surface area contributed by atoms with Crippen LogP contribution in [0.25, 0.3) is 0 Å². The second-order valence-electron chi connectivity index (χ2n) is 9.61. The van der Waals surface area contributed by atoms with Crippen molar-refractivity contribution in [2.24, 2.45) is 5.92 Å². The van der Waals surface area contributed by atoms with Gasteiger partial charge in [-0.25, -0.2) is 4.90 Å². The van der Waals surface area contributed by atoms with Crippen molar-refractivity contribution in [3.8, 4) is 11.5 Å². The molecule has 220 valence electrons. The van der Waals surface area contributed by atoms with Gasteiger partial charge in [-0.3, -0.25) is 19.2 Å². The smallest absolute Gasteiger partial charge is 0.305 e. The van der Waals surface area contributed by atoms with E-state index in [0.29, 0.717) is 52.9 Å². The number of carbonyl (C=O) groups is 3. The normalized spacial score (nSPS) is 19.2. The van der Waals surface area contributed by atoms with Gasteiger partial charge < -0.3 is 19.8 Å². The molecule has 2 aliphatic heterocycles. The molecule has 1 aromatic heterocycles. The number of rotatable bonds is 7. The van der Waals surface area contributed by atoms with Gasteiger partial charge in [0.15, 0.2) is 6.61 Å². The molecule has 0 aliphatic carbocycles. The molecular weight excluding hydrogens is 701 g/mol. The number of aromatic nitrogens is 1. The average molecular weight is 721 g/mol. The first-order valence-electron chi connectivity index (χ1n) is 12.7. The molecule has 0 spiro atoms. The van der Waals surface area contributed by atoms with Crippen LogP contribution in [0.4, 0.5) is 11.4 Å². The third-order valence-corrected chi connectivity index (χ3v) is 10.7. The molecule has 3 aromatic carbocycles. The summed E-state index contributed by atoms with van der Waals surface area (Å²) in [5.74, 6) is -1.84. The van der Waals surface area contributed by atoms with Gasteiger partial charge >= 0.3 is 4.87 Å². The summed E-state index contributed by atoms with van der Waals surface area (Å²) in [4.78, 5) is 57.4. The Balaban J connectivity index is 1.34. The Hall–Kier alpha value is -3.29. The fraction of sp³-hybridized carbons (Fsp3) is 0.172. The van der Waals surface area contributed by atoms with E-state index in [0.717, 1.165) is 11.3 Å². The lowest BCUT2D eigenvalue weighted by atomic mass is 9.82. The predicted molar refractivity (Wildman–Crippen MR) is 170 cm³/mol. The van der Waals surface area contributed by atoms with Gasteiger partial charge in [-0.05, 0) is 60.7 Å². The van der Waals surface area contributed by atoms with Crippen LogP contribution in [-0.2, 0) is 14.4 Å². The maximum atomic E-state index is 14.1. The number of imide groups is 1. The van der Waals surface area contributed by atoms with Crippen molar-refractivity contribution in [3.05, 3.63) is 95.3 Å². The molecular formula is C29H20BrCl2N3O6S2. The molecule has 14 heteroatoms. The fourth-order valence-corrected chi connectivity index (χ4v) is 8.33. The van der Waals surface area contributed by atoms with Crippen molar-refractivity contribution < 1.29 is 23.9 Å². The van der Waals surface area contributed by atoms with Gasteiger partial charge in [0.25, 0.3) is 5.91 Å². The van der Waals surface area contributed by atoms with Crippen molar-refractivity contribution in [2.45, 2.75) is 16.2 Å². The number of benzene rings is 3. The summed E-state index contributed by atoms with van der Waals surface area (Å²) < 4.78 is 11.9. The summed E-state index contributed by atoms with van der Waals surface area (Å²) in [6.07, 6.45) is 0. The first-order valence-corrected chi connectivity index (χ1v) is 16.0. The minimum absolute atomic E-state index is 0.293. The summed E-state index contributed by atoms with van der Waals surface area (Å²) in [6, 6.07) is 16.6. The summed E-state index contributed by atoms with van der Waals surface area (Å²) in [7, 11) is 1.53. The number of H-pyrrole nitrogens is 1. The molecule has 6 rings (SSSR count). The third kappa shape index (κ3) is 5.69. The summed E-state index contributed by atoms with van der Waals surface area (Å²) in [5.41, 5.74) is 1.42. The summed E-state index contributed by atoms with van der Waals surface area (Å²) in [6.45, 7) is -0.356. The number of thioether (sulfide) groups is 1. The molecule has 3 heterocycles. The van der Waals surface area contributed by atoms with Crippen LogP contribution in [0.1, 0.15) is 16.4 Å². The SMILES string of the molecule is COc1ccc(N2C(=O)[C@H]3[C@H](c4cc(Br)ccc4OCC(=O)Nc4ccc(Cl)c(Cl)c4)c4sc(=O)[nH]c4S[C@H]3C2=O)cc1. The molecule has 1 fully saturated rings. The van der Waals surface area contributed by atoms with Gasteiger partial charge in [0, 0.05) is 26.5 Å². The van der Waals surface area contributed by atoms with E-state index < -0.39 is 28.9 Å². The highest BCUT2D eigenvalue weighted by Crippen LogP contribution is 2.54. The Morgan fingerprint density at radius 3 is 2.51 bits per heavy atom. The van der Waals surface area contributed by atoms with E-state index in [9.17, 15) is 19.2 Å². The summed E-state index contributed by atoms with van der Waals surface area (Å²) >= 11 is 17.7. The molecule has 0 unspecified atom stereocenters. The largest absolute Gasteiger partial charge is 0.497 e. The van der Waals surface area contributed by atoms with Crippen molar-refractivity contribution in [1.29, 1.82) is 0 Å². The van der Waals surface area contributed by atoms with E-state index in [1.165, 1.54) is 29.8 Å². The Labute approximate surface area is 271 Å². The fourth-order valence-electron chi connectivity index (χ4n) is 5.15. The number of methoxy groups -OCH3 is 1. The number of ether oxygens (including phenoxy) is 2. The number of halogens is 3. The van der Waals surface area contributed by atoms with Gasteiger partial charge in [-0.2, -0.15) is 0 Å². The van der Waals surface area contributed by atoms with Crippen LogP contribution in [-0.4, -0.2) is 41.7 Å². The first kappa shape index (κ1) is 29.8. The Morgan fingerprint density at radius 1 is 1.02 bits per heavy atom. The molecule has 2 N–H and O–H groups in total. The number of amides is 3. The zero-order valence-corrected chi connectivity index (χ0v) is 26.8. The van der Waals surface area contributed by atoms with Crippen LogP contribution in [0.15, 0.2) is 75.0 Å². The van der Waals surface area contributed by atoms with Crippen LogP contribution in [0.3, 0.4) is 0 Å². The molecule has 2 aliphatic rings. The van der Waals surface area contributed by atoms with Gasteiger partial charge in [0.05, 0.1) is 33.8 Å². The van der Waals surface area contributed by atoms with Crippen molar-refractivity contribution in [3.63, 3.8) is 0 Å². The number of nitrogens with zero attached hydrogens (tertiary/aromatic N) is 1. The number of anilines is 2. The molecule has 0 saturated carbocycles. The number of aromatic amines is 1. The molecule has 0 bridgehead atoms. The molecule has 43 heavy (non-hydrogen) atoms. The average Bonchev–Trinajstić information content (AvgIpc) is 3.48.